The molecule has 0 saturated carbocycles. The summed E-state index contributed by atoms with van der Waals surface area (Å²) in [6, 6.07) is 0. The fourth-order valence-corrected chi connectivity index (χ4v) is 0.522. The third-order valence-electron chi connectivity index (χ3n) is 1.25. The first kappa shape index (κ1) is 12.3. The second-order valence-corrected chi connectivity index (χ2v) is 2.34. The fourth-order valence-electron chi connectivity index (χ4n) is 0.522. The lowest BCUT2D eigenvalue weighted by molar-refractivity contribution is 1.12. The molecule has 5 nitrogen and oxygen atoms in total. The highest BCUT2D eigenvalue weighted by molar-refractivity contribution is 5.80. The summed E-state index contributed by atoms with van der Waals surface area (Å²) in [5.74, 6) is 0.594. The lowest BCUT2D eigenvalue weighted by atomic mass is 10.5. The van der Waals surface area contributed by atoms with E-state index in [0.717, 1.165) is 13.0 Å². The van der Waals surface area contributed by atoms with E-state index in [1.54, 1.807) is 18.7 Å². The van der Waals surface area contributed by atoms with Gasteiger partial charge in [-0.05, 0) is 6.92 Å². The van der Waals surface area contributed by atoms with Crippen LogP contribution >= 0.6 is 0 Å². The summed E-state index contributed by atoms with van der Waals surface area (Å²) >= 11 is 0. The number of nitrogens with one attached hydrogen (secondary N) is 1. The standard InChI is InChI=1S/C9H17N5/c1-3-9(10)14-6-5-12-8-13-7-11-4-2/h5-8H,3-4H2,1-2H3,(H2,10,14)(H,11,12,13)/b6-5+. The molecule has 0 radical (unpaired) electrons. The van der Waals surface area contributed by atoms with Crippen molar-refractivity contribution in [2.75, 3.05) is 6.54 Å². The van der Waals surface area contributed by atoms with Crippen molar-refractivity contribution in [3.8, 4) is 0 Å². The Hall–Kier alpha value is -1.65. The second kappa shape index (κ2) is 9.44. The van der Waals surface area contributed by atoms with E-state index in [-0.39, 0.29) is 0 Å². The molecule has 0 aliphatic carbocycles. The molecule has 0 atom stereocenters. The number of hydrogen-bond acceptors (Lipinski definition) is 3. The third kappa shape index (κ3) is 8.45. The average molecular weight is 195 g/mol. The van der Waals surface area contributed by atoms with Crippen LogP contribution in [-0.2, 0) is 0 Å². The van der Waals surface area contributed by atoms with Crippen LogP contribution in [0.5, 0.6) is 0 Å². The van der Waals surface area contributed by atoms with Crippen LogP contribution in [0.25, 0.3) is 0 Å². The van der Waals surface area contributed by atoms with Crippen LogP contribution in [0.15, 0.2) is 27.4 Å². The SMILES string of the molecule is CCN=CNC=N/C=C/N=C(N)CC. The van der Waals surface area contributed by atoms with Crippen molar-refractivity contribution in [2.24, 2.45) is 20.7 Å². The highest BCUT2D eigenvalue weighted by Gasteiger charge is 1.78. The number of amidine groups is 1. The maximum atomic E-state index is 5.46. The Morgan fingerprint density at radius 1 is 1.29 bits per heavy atom. The van der Waals surface area contributed by atoms with Crippen LogP contribution in [0.2, 0.25) is 0 Å². The molecule has 0 aliphatic heterocycles. The smallest absolute Gasteiger partial charge is 0.0986 e. The van der Waals surface area contributed by atoms with Gasteiger partial charge in [0.05, 0.1) is 18.5 Å². The van der Waals surface area contributed by atoms with E-state index in [4.69, 9.17) is 5.73 Å². The van der Waals surface area contributed by atoms with E-state index in [1.165, 1.54) is 6.34 Å². The first-order valence-electron chi connectivity index (χ1n) is 4.54. The van der Waals surface area contributed by atoms with Crippen molar-refractivity contribution in [3.05, 3.63) is 12.4 Å². The molecular formula is C9H17N5. The van der Waals surface area contributed by atoms with Gasteiger partial charge in [-0.1, -0.05) is 6.92 Å². The largest absolute Gasteiger partial charge is 0.387 e. The zero-order chi connectivity index (χ0) is 10.6. The van der Waals surface area contributed by atoms with Crippen molar-refractivity contribution < 1.29 is 0 Å². The van der Waals surface area contributed by atoms with Crippen LogP contribution in [-0.4, -0.2) is 25.1 Å². The van der Waals surface area contributed by atoms with Crippen molar-refractivity contribution in [2.45, 2.75) is 20.3 Å². The minimum atomic E-state index is 0.594. The van der Waals surface area contributed by atoms with Gasteiger partial charge in [0.15, 0.2) is 0 Å². The molecule has 78 valence electrons. The molecule has 0 fully saturated rings. The van der Waals surface area contributed by atoms with Crippen molar-refractivity contribution in [1.29, 1.82) is 0 Å². The van der Waals surface area contributed by atoms with E-state index < -0.39 is 0 Å². The Labute approximate surface area is 84.5 Å². The predicted octanol–water partition coefficient (Wildman–Crippen LogP) is 0.891. The monoisotopic (exact) mass is 195 g/mol. The van der Waals surface area contributed by atoms with Crippen LogP contribution in [0.3, 0.4) is 0 Å². The van der Waals surface area contributed by atoms with Crippen LogP contribution < -0.4 is 11.1 Å². The summed E-state index contributed by atoms with van der Waals surface area (Å²) in [5.41, 5.74) is 5.46. The van der Waals surface area contributed by atoms with Gasteiger partial charge in [0, 0.05) is 25.4 Å². The molecule has 0 bridgehead atoms. The van der Waals surface area contributed by atoms with Crippen LogP contribution in [0, 0.1) is 0 Å². The summed E-state index contributed by atoms with van der Waals surface area (Å²) < 4.78 is 0. The van der Waals surface area contributed by atoms with Gasteiger partial charge in [0.2, 0.25) is 0 Å². The third-order valence-corrected chi connectivity index (χ3v) is 1.25. The van der Waals surface area contributed by atoms with E-state index in [2.05, 4.69) is 20.3 Å². The van der Waals surface area contributed by atoms with Gasteiger partial charge in [-0.2, -0.15) is 0 Å². The van der Waals surface area contributed by atoms with Gasteiger partial charge in [-0.15, -0.1) is 0 Å². The predicted molar refractivity (Wildman–Crippen MR) is 61.7 cm³/mol. The van der Waals surface area contributed by atoms with Crippen molar-refractivity contribution in [1.82, 2.24) is 5.32 Å². The molecule has 3 N–H and O–H groups in total. The fraction of sp³-hybridized carbons (Fsp3) is 0.444. The van der Waals surface area contributed by atoms with Crippen molar-refractivity contribution >= 4 is 18.5 Å². The Bertz CT molecular complexity index is 240. The number of hydrogen-bond donors (Lipinski definition) is 2. The van der Waals surface area contributed by atoms with Crippen LogP contribution in [0.4, 0.5) is 0 Å². The number of nitrogens with two attached hydrogens (primary N) is 1. The number of aliphatic imine (C=N–C) groups is 3. The summed E-state index contributed by atoms with van der Waals surface area (Å²) in [7, 11) is 0. The van der Waals surface area contributed by atoms with Crippen LogP contribution in [0.1, 0.15) is 20.3 Å². The molecule has 0 unspecified atom stereocenters. The normalized spacial score (nSPS) is 13.4. The van der Waals surface area contributed by atoms with Gasteiger partial charge in [-0.3, -0.25) is 4.99 Å². The zero-order valence-electron chi connectivity index (χ0n) is 8.64. The minimum absolute atomic E-state index is 0.594. The minimum Gasteiger partial charge on any atom is -0.387 e. The Morgan fingerprint density at radius 3 is 2.71 bits per heavy atom. The first-order valence-corrected chi connectivity index (χ1v) is 4.54. The lowest BCUT2D eigenvalue weighted by Gasteiger charge is -1.88. The molecule has 0 amide bonds. The Morgan fingerprint density at radius 2 is 2.07 bits per heavy atom. The molecule has 0 aromatic rings. The van der Waals surface area contributed by atoms with Crippen molar-refractivity contribution in [3.63, 3.8) is 0 Å². The molecular weight excluding hydrogens is 178 g/mol. The van der Waals surface area contributed by atoms with E-state index in [1.807, 2.05) is 13.8 Å². The Kier molecular flexibility index (Phi) is 8.33. The summed E-state index contributed by atoms with van der Waals surface area (Å²) in [6.07, 6.45) is 6.95. The molecule has 0 aromatic carbocycles. The number of nitrogens with zero attached hydrogens (tertiary/aromatic N) is 3. The van der Waals surface area contributed by atoms with E-state index >= 15 is 0 Å². The molecule has 0 heterocycles. The Balaban J connectivity index is 3.66. The molecule has 0 aliphatic rings. The molecule has 0 aromatic heterocycles. The lowest BCUT2D eigenvalue weighted by Crippen LogP contribution is -2.08. The maximum Gasteiger partial charge on any atom is 0.0986 e. The topological polar surface area (TPSA) is 75.1 Å². The van der Waals surface area contributed by atoms with Gasteiger partial charge < -0.3 is 11.1 Å². The maximum absolute atomic E-state index is 5.46. The van der Waals surface area contributed by atoms with E-state index in [0.29, 0.717) is 5.84 Å². The molecule has 5 heteroatoms. The number of rotatable bonds is 6. The summed E-state index contributed by atoms with van der Waals surface area (Å²) in [5, 5.41) is 2.77. The van der Waals surface area contributed by atoms with Gasteiger partial charge >= 0.3 is 0 Å². The molecule has 0 saturated heterocycles. The zero-order valence-corrected chi connectivity index (χ0v) is 8.64. The van der Waals surface area contributed by atoms with E-state index in [9.17, 15) is 0 Å². The highest BCUT2D eigenvalue weighted by Crippen LogP contribution is 1.80. The molecule has 14 heavy (non-hydrogen) atoms. The quantitative estimate of drug-likeness (QED) is 0.488. The van der Waals surface area contributed by atoms with Gasteiger partial charge in [0.1, 0.15) is 0 Å². The summed E-state index contributed by atoms with van der Waals surface area (Å²) in [6.45, 7) is 4.66. The average Bonchev–Trinajstić information content (AvgIpc) is 2.21. The molecule has 0 spiro atoms. The highest BCUT2D eigenvalue weighted by atomic mass is 15.0. The van der Waals surface area contributed by atoms with Gasteiger partial charge in [-0.25, -0.2) is 9.98 Å². The summed E-state index contributed by atoms with van der Waals surface area (Å²) in [4.78, 5) is 11.7. The molecule has 0 rings (SSSR count). The van der Waals surface area contributed by atoms with Gasteiger partial charge in [0.25, 0.3) is 0 Å². The second-order valence-electron chi connectivity index (χ2n) is 2.34. The first-order chi connectivity index (χ1) is 6.81.